The van der Waals surface area contributed by atoms with Crippen LogP contribution in [-0.4, -0.2) is 20.9 Å². The lowest BCUT2D eigenvalue weighted by Crippen LogP contribution is -2.24. The van der Waals surface area contributed by atoms with Crippen molar-refractivity contribution in [2.75, 3.05) is 0 Å². The van der Waals surface area contributed by atoms with E-state index in [0.717, 1.165) is 29.2 Å². The van der Waals surface area contributed by atoms with Gasteiger partial charge in [0.2, 0.25) is 5.91 Å². The van der Waals surface area contributed by atoms with Gasteiger partial charge in [0.15, 0.2) is 0 Å². The lowest BCUT2D eigenvalue weighted by atomic mass is 9.97. The summed E-state index contributed by atoms with van der Waals surface area (Å²) in [4.78, 5) is 25.1. The van der Waals surface area contributed by atoms with Crippen LogP contribution in [0.5, 0.6) is 0 Å². The summed E-state index contributed by atoms with van der Waals surface area (Å²) in [6, 6.07) is 8.43. The molecule has 0 spiro atoms. The molecule has 0 radical (unpaired) electrons. The number of benzene rings is 1. The topological polar surface area (TPSA) is 67.8 Å². The van der Waals surface area contributed by atoms with Crippen LogP contribution in [0.2, 0.25) is 0 Å². The first-order valence-electron chi connectivity index (χ1n) is 8.35. The van der Waals surface area contributed by atoms with Crippen molar-refractivity contribution >= 4 is 17.2 Å². The van der Waals surface area contributed by atoms with Gasteiger partial charge in [0.05, 0.1) is 18.4 Å². The van der Waals surface area contributed by atoms with Gasteiger partial charge in [-0.2, -0.15) is 0 Å². The maximum absolute atomic E-state index is 12.3. The number of nitrogens with zero attached hydrogens (tertiary/aromatic N) is 3. The first-order chi connectivity index (χ1) is 12.3. The predicted octanol–water partition coefficient (Wildman–Crippen LogP) is 3.34. The molecule has 25 heavy (non-hydrogen) atoms. The third kappa shape index (κ3) is 3.58. The minimum atomic E-state index is 0.0794. The Morgan fingerprint density at radius 2 is 2.20 bits per heavy atom. The molecule has 5 nitrogen and oxygen atoms in total. The average molecular weight is 350 g/mol. The highest BCUT2D eigenvalue weighted by Crippen LogP contribution is 2.35. The molecule has 1 amide bonds. The van der Waals surface area contributed by atoms with Crippen molar-refractivity contribution in [3.8, 4) is 10.7 Å². The molecule has 1 atom stereocenters. The number of carbonyl (C=O) groups is 1. The first-order valence-corrected chi connectivity index (χ1v) is 9.23. The molecule has 126 valence electrons. The second-order valence-corrected chi connectivity index (χ2v) is 7.01. The summed E-state index contributed by atoms with van der Waals surface area (Å²) in [7, 11) is 0. The Labute approximate surface area is 150 Å². The largest absolute Gasteiger partial charge is 0.350 e. The zero-order valence-electron chi connectivity index (χ0n) is 13.7. The molecule has 2 heterocycles. The van der Waals surface area contributed by atoms with Crippen molar-refractivity contribution in [2.24, 2.45) is 0 Å². The quantitative estimate of drug-likeness (QED) is 0.766. The summed E-state index contributed by atoms with van der Waals surface area (Å²) in [6.45, 7) is 0.448. The molecule has 0 unspecified atom stereocenters. The van der Waals surface area contributed by atoms with Crippen molar-refractivity contribution in [1.82, 2.24) is 20.3 Å². The van der Waals surface area contributed by atoms with Crippen LogP contribution in [0.3, 0.4) is 0 Å². The fourth-order valence-corrected chi connectivity index (χ4v) is 4.04. The van der Waals surface area contributed by atoms with Crippen molar-refractivity contribution in [3.05, 3.63) is 65.1 Å². The Morgan fingerprint density at radius 3 is 3.08 bits per heavy atom. The molecule has 0 bridgehead atoms. The lowest BCUT2D eigenvalue weighted by Gasteiger charge is -2.11. The Bertz CT molecular complexity index is 878. The zero-order valence-corrected chi connectivity index (χ0v) is 14.5. The molecular weight excluding hydrogens is 332 g/mol. The van der Waals surface area contributed by atoms with Crippen LogP contribution in [0.4, 0.5) is 0 Å². The van der Waals surface area contributed by atoms with E-state index in [9.17, 15) is 4.79 Å². The Hall–Kier alpha value is -2.60. The number of thiazole rings is 1. The predicted molar refractivity (Wildman–Crippen MR) is 97.1 cm³/mol. The fraction of sp³-hybridized carbons (Fsp3) is 0.263. The molecule has 4 rings (SSSR count). The summed E-state index contributed by atoms with van der Waals surface area (Å²) in [5.41, 5.74) is 4.32. The molecule has 0 aliphatic heterocycles. The van der Waals surface area contributed by atoms with Crippen LogP contribution in [0.1, 0.15) is 35.6 Å². The third-order valence-corrected chi connectivity index (χ3v) is 5.40. The van der Waals surface area contributed by atoms with Gasteiger partial charge in [0, 0.05) is 24.2 Å². The molecule has 3 aromatic rings. The summed E-state index contributed by atoms with van der Waals surface area (Å²) in [6.07, 6.45) is 7.65. The van der Waals surface area contributed by atoms with Crippen molar-refractivity contribution in [2.45, 2.75) is 31.7 Å². The second kappa shape index (κ2) is 7.11. The zero-order chi connectivity index (χ0) is 17.1. The molecule has 2 aromatic heterocycles. The molecule has 1 aromatic carbocycles. The van der Waals surface area contributed by atoms with E-state index in [1.54, 1.807) is 18.6 Å². The highest BCUT2D eigenvalue weighted by molar-refractivity contribution is 7.13. The molecule has 1 aliphatic rings. The minimum Gasteiger partial charge on any atom is -0.350 e. The lowest BCUT2D eigenvalue weighted by molar-refractivity contribution is -0.121. The van der Waals surface area contributed by atoms with E-state index in [-0.39, 0.29) is 5.91 Å². The number of aromatic nitrogens is 3. The Morgan fingerprint density at radius 1 is 1.28 bits per heavy atom. The highest BCUT2D eigenvalue weighted by Gasteiger charge is 2.24. The fourth-order valence-electron chi connectivity index (χ4n) is 3.26. The normalized spacial score (nSPS) is 15.8. The van der Waals surface area contributed by atoms with Gasteiger partial charge in [-0.3, -0.25) is 14.8 Å². The van der Waals surface area contributed by atoms with E-state index in [1.807, 2.05) is 5.38 Å². The van der Waals surface area contributed by atoms with Crippen molar-refractivity contribution in [1.29, 1.82) is 0 Å². The standard InChI is InChI=1S/C19H18N4OS/c24-18(9-14-6-5-13-3-1-2-4-16(13)14)22-10-15-12-25-19(23-15)17-11-20-7-8-21-17/h1-4,7-8,11-12,14H,5-6,9-10H2,(H,22,24)/t14-/m1/s1. The van der Waals surface area contributed by atoms with E-state index in [4.69, 9.17) is 0 Å². The molecule has 6 heteroatoms. The average Bonchev–Trinajstić information content (AvgIpc) is 3.28. The van der Waals surface area contributed by atoms with Gasteiger partial charge in [-0.05, 0) is 29.9 Å². The summed E-state index contributed by atoms with van der Waals surface area (Å²) >= 11 is 1.51. The van der Waals surface area contributed by atoms with E-state index in [2.05, 4.69) is 44.5 Å². The number of carbonyl (C=O) groups excluding carboxylic acids is 1. The minimum absolute atomic E-state index is 0.0794. The third-order valence-electron chi connectivity index (χ3n) is 4.49. The molecular formula is C19H18N4OS. The smallest absolute Gasteiger partial charge is 0.220 e. The van der Waals surface area contributed by atoms with Gasteiger partial charge >= 0.3 is 0 Å². The molecule has 0 saturated carbocycles. The Kier molecular flexibility index (Phi) is 4.52. The molecule has 1 aliphatic carbocycles. The van der Waals surface area contributed by atoms with E-state index >= 15 is 0 Å². The molecule has 1 N–H and O–H groups in total. The van der Waals surface area contributed by atoms with E-state index in [1.165, 1.54) is 22.5 Å². The molecule has 0 saturated heterocycles. The maximum Gasteiger partial charge on any atom is 0.220 e. The maximum atomic E-state index is 12.3. The monoisotopic (exact) mass is 350 g/mol. The number of amides is 1. The van der Waals surface area contributed by atoms with Gasteiger partial charge in [-0.1, -0.05) is 24.3 Å². The van der Waals surface area contributed by atoms with Gasteiger partial charge in [-0.25, -0.2) is 4.98 Å². The van der Waals surface area contributed by atoms with Gasteiger partial charge in [-0.15, -0.1) is 11.3 Å². The van der Waals surface area contributed by atoms with Crippen molar-refractivity contribution in [3.63, 3.8) is 0 Å². The van der Waals surface area contributed by atoms with Crippen LogP contribution in [-0.2, 0) is 17.8 Å². The number of fused-ring (bicyclic) bond motifs is 1. The highest BCUT2D eigenvalue weighted by atomic mass is 32.1. The summed E-state index contributed by atoms with van der Waals surface area (Å²) in [5.74, 6) is 0.414. The SMILES string of the molecule is O=C(C[C@H]1CCc2ccccc21)NCc1csc(-c2cnccn2)n1. The van der Waals surface area contributed by atoms with Crippen LogP contribution in [0.25, 0.3) is 10.7 Å². The number of hydrogen-bond donors (Lipinski definition) is 1. The number of aryl methyl sites for hydroxylation is 1. The van der Waals surface area contributed by atoms with Crippen molar-refractivity contribution < 1.29 is 4.79 Å². The number of hydrogen-bond acceptors (Lipinski definition) is 5. The van der Waals surface area contributed by atoms with E-state index in [0.29, 0.717) is 18.9 Å². The van der Waals surface area contributed by atoms with E-state index < -0.39 is 0 Å². The molecule has 0 fully saturated rings. The Balaban J connectivity index is 1.33. The van der Waals surface area contributed by atoms with Crippen LogP contribution >= 0.6 is 11.3 Å². The van der Waals surface area contributed by atoms with Crippen LogP contribution in [0, 0.1) is 0 Å². The van der Waals surface area contributed by atoms with Gasteiger partial charge < -0.3 is 5.32 Å². The van der Waals surface area contributed by atoms with Gasteiger partial charge in [0.25, 0.3) is 0 Å². The van der Waals surface area contributed by atoms with Gasteiger partial charge in [0.1, 0.15) is 10.7 Å². The number of nitrogens with one attached hydrogen (secondary N) is 1. The summed E-state index contributed by atoms with van der Waals surface area (Å²) < 4.78 is 0. The van der Waals surface area contributed by atoms with Crippen LogP contribution < -0.4 is 5.32 Å². The first kappa shape index (κ1) is 15.9. The van der Waals surface area contributed by atoms with Crippen LogP contribution in [0.15, 0.2) is 48.2 Å². The number of rotatable bonds is 5. The second-order valence-electron chi connectivity index (χ2n) is 6.15. The summed E-state index contributed by atoms with van der Waals surface area (Å²) in [5, 5.41) is 5.77.